The Labute approximate surface area is 163 Å². The second-order valence-corrected chi connectivity index (χ2v) is 10.0. The number of carbonyl (C=O) groups excluding carboxylic acids is 1. The zero-order chi connectivity index (χ0) is 18.8. The number of benzene rings is 3. The molecule has 0 bridgehead atoms. The van der Waals surface area contributed by atoms with Gasteiger partial charge in [0, 0.05) is 24.2 Å². The molecule has 0 saturated carbocycles. The maximum Gasteiger partial charge on any atom is 0.134 e. The zero-order valence-electron chi connectivity index (χ0n) is 15.9. The van der Waals surface area contributed by atoms with Crippen LogP contribution in [0.1, 0.15) is 46.4 Å². The minimum atomic E-state index is -0.526. The molecule has 1 nitrogen and oxygen atoms in total. The van der Waals surface area contributed by atoms with Crippen LogP contribution < -0.4 is 5.30 Å². The first-order valence-corrected chi connectivity index (χ1v) is 11.1. The Balaban J connectivity index is 1.88. The number of hydrogen-bond acceptors (Lipinski definition) is 1. The second-order valence-electron chi connectivity index (χ2n) is 7.43. The van der Waals surface area contributed by atoms with Crippen molar-refractivity contribution in [2.24, 2.45) is 0 Å². The van der Waals surface area contributed by atoms with Gasteiger partial charge in [0.05, 0.1) is 0 Å². The number of aryl methyl sites for hydroxylation is 2. The van der Waals surface area contributed by atoms with E-state index < -0.39 is 7.92 Å². The quantitative estimate of drug-likeness (QED) is 0.496. The number of Topliss-reactive ketones (excluding diaryl/α,β-unsaturated/α-hetero) is 1. The van der Waals surface area contributed by atoms with Crippen LogP contribution in [-0.2, 0) is 4.79 Å². The summed E-state index contributed by atoms with van der Waals surface area (Å²) in [5.74, 6) is 0.395. The molecule has 27 heavy (non-hydrogen) atoms. The van der Waals surface area contributed by atoms with Gasteiger partial charge in [-0.1, -0.05) is 86.8 Å². The third-order valence-corrected chi connectivity index (χ3v) is 8.82. The van der Waals surface area contributed by atoms with Crippen molar-refractivity contribution in [1.29, 1.82) is 0 Å². The molecule has 1 heterocycles. The third-order valence-electron chi connectivity index (χ3n) is 5.66. The maximum atomic E-state index is 12.8. The summed E-state index contributed by atoms with van der Waals surface area (Å²) >= 11 is 0. The van der Waals surface area contributed by atoms with E-state index >= 15 is 0 Å². The van der Waals surface area contributed by atoms with Crippen LogP contribution in [-0.4, -0.2) is 5.78 Å². The maximum absolute atomic E-state index is 12.8. The summed E-state index contributed by atoms with van der Waals surface area (Å²) in [5, 5.41) is 1.40. The van der Waals surface area contributed by atoms with Gasteiger partial charge < -0.3 is 0 Å². The third kappa shape index (κ3) is 3.62. The van der Waals surface area contributed by atoms with Gasteiger partial charge in [0.15, 0.2) is 0 Å². The van der Waals surface area contributed by atoms with Crippen LogP contribution in [0, 0.1) is 13.8 Å². The van der Waals surface area contributed by atoms with Gasteiger partial charge in [0.25, 0.3) is 0 Å². The summed E-state index contributed by atoms with van der Waals surface area (Å²) in [6.45, 7) is 4.35. The predicted molar refractivity (Wildman–Crippen MR) is 115 cm³/mol. The number of carbonyl (C=O) groups is 1. The van der Waals surface area contributed by atoms with E-state index in [0.717, 1.165) is 0 Å². The lowest BCUT2D eigenvalue weighted by Crippen LogP contribution is -2.24. The smallest absolute Gasteiger partial charge is 0.134 e. The minimum Gasteiger partial charge on any atom is -0.300 e. The highest BCUT2D eigenvalue weighted by Gasteiger charge is 2.40. The molecule has 1 aliphatic rings. The molecule has 1 fully saturated rings. The molecule has 2 atom stereocenters. The molecule has 0 spiro atoms. The Bertz CT molecular complexity index is 890. The van der Waals surface area contributed by atoms with Gasteiger partial charge >= 0.3 is 0 Å². The summed E-state index contributed by atoms with van der Waals surface area (Å²) in [6, 6.07) is 28.1. The molecular weight excluding hydrogens is 347 g/mol. The summed E-state index contributed by atoms with van der Waals surface area (Å²) in [5.41, 5.74) is 5.86. The number of hydrogen-bond donors (Lipinski definition) is 0. The molecular formula is C25H25OP. The van der Waals surface area contributed by atoms with Gasteiger partial charge in [-0.3, -0.25) is 4.79 Å². The average Bonchev–Trinajstić information content (AvgIpc) is 2.69. The van der Waals surface area contributed by atoms with Gasteiger partial charge in [-0.25, -0.2) is 0 Å². The van der Waals surface area contributed by atoms with E-state index in [1.807, 2.05) is 0 Å². The molecule has 1 aliphatic heterocycles. The Morgan fingerprint density at radius 3 is 1.59 bits per heavy atom. The highest BCUT2D eigenvalue weighted by atomic mass is 31.1. The van der Waals surface area contributed by atoms with E-state index in [-0.39, 0.29) is 11.3 Å². The molecule has 0 N–H and O–H groups in total. The average molecular weight is 372 g/mol. The minimum absolute atomic E-state index is 0.287. The Hall–Kier alpha value is -2.24. The van der Waals surface area contributed by atoms with Crippen molar-refractivity contribution >= 4 is 19.0 Å². The molecule has 0 radical (unpaired) electrons. The van der Waals surface area contributed by atoms with Gasteiger partial charge in [0.1, 0.15) is 5.78 Å². The molecule has 3 aromatic carbocycles. The Morgan fingerprint density at radius 2 is 1.11 bits per heavy atom. The SMILES string of the molecule is Cc1ccccc1C1CC(=O)CC(c2ccccc2C)P1c1ccccc1. The van der Waals surface area contributed by atoms with Crippen molar-refractivity contribution in [1.82, 2.24) is 0 Å². The second kappa shape index (κ2) is 7.79. The van der Waals surface area contributed by atoms with Crippen molar-refractivity contribution in [3.8, 4) is 0 Å². The summed E-state index contributed by atoms with van der Waals surface area (Å²) in [6.07, 6.45) is 1.32. The molecule has 0 amide bonds. The fourth-order valence-electron chi connectivity index (χ4n) is 4.33. The van der Waals surface area contributed by atoms with Gasteiger partial charge in [0.2, 0.25) is 0 Å². The summed E-state index contributed by atoms with van der Waals surface area (Å²) in [4.78, 5) is 12.8. The van der Waals surface area contributed by atoms with Gasteiger partial charge in [-0.05, 0) is 41.4 Å². The van der Waals surface area contributed by atoms with Gasteiger partial charge in [-0.15, -0.1) is 0 Å². The van der Waals surface area contributed by atoms with E-state index in [2.05, 4.69) is 92.7 Å². The fraction of sp³-hybridized carbons (Fsp3) is 0.240. The van der Waals surface area contributed by atoms with Crippen LogP contribution in [0.4, 0.5) is 0 Å². The van der Waals surface area contributed by atoms with Crippen LogP contribution >= 0.6 is 7.92 Å². The lowest BCUT2D eigenvalue weighted by molar-refractivity contribution is -0.119. The Kier molecular flexibility index (Phi) is 5.23. The highest BCUT2D eigenvalue weighted by Crippen LogP contribution is 2.66. The van der Waals surface area contributed by atoms with E-state index in [9.17, 15) is 4.79 Å². The largest absolute Gasteiger partial charge is 0.300 e. The van der Waals surface area contributed by atoms with Crippen LogP contribution in [0.2, 0.25) is 0 Å². The van der Waals surface area contributed by atoms with Crippen molar-refractivity contribution in [2.45, 2.75) is 38.0 Å². The first kappa shape index (κ1) is 18.1. The molecule has 0 aromatic heterocycles. The van der Waals surface area contributed by atoms with E-state index in [4.69, 9.17) is 0 Å². The van der Waals surface area contributed by atoms with Crippen LogP contribution in [0.3, 0.4) is 0 Å². The molecule has 4 rings (SSSR count). The standard InChI is InChI=1S/C25H25OP/c1-18-10-6-8-14-22(18)24-16-20(26)17-25(23-15-9-7-11-19(23)2)27(24)21-12-4-3-5-13-21/h3-15,24-25H,16-17H2,1-2H3. The molecule has 0 aliphatic carbocycles. The van der Waals surface area contributed by atoms with Gasteiger partial charge in [-0.2, -0.15) is 0 Å². The first-order chi connectivity index (χ1) is 13.1. The number of ketones is 1. The van der Waals surface area contributed by atoms with E-state index in [1.165, 1.54) is 27.6 Å². The monoisotopic (exact) mass is 372 g/mol. The van der Waals surface area contributed by atoms with Crippen molar-refractivity contribution < 1.29 is 4.79 Å². The van der Waals surface area contributed by atoms with Crippen LogP contribution in [0.5, 0.6) is 0 Å². The van der Waals surface area contributed by atoms with Crippen LogP contribution in [0.15, 0.2) is 78.9 Å². The highest BCUT2D eigenvalue weighted by molar-refractivity contribution is 7.66. The Morgan fingerprint density at radius 1 is 0.667 bits per heavy atom. The van der Waals surface area contributed by atoms with Crippen molar-refractivity contribution in [2.75, 3.05) is 0 Å². The molecule has 2 heteroatoms. The molecule has 2 unspecified atom stereocenters. The lowest BCUT2D eigenvalue weighted by Gasteiger charge is -2.40. The normalized spacial score (nSPS) is 22.6. The molecule has 136 valence electrons. The van der Waals surface area contributed by atoms with Crippen LogP contribution in [0.25, 0.3) is 0 Å². The molecule has 3 aromatic rings. The number of rotatable bonds is 3. The van der Waals surface area contributed by atoms with Crippen molar-refractivity contribution in [3.63, 3.8) is 0 Å². The van der Waals surface area contributed by atoms with Crippen molar-refractivity contribution in [3.05, 3.63) is 101 Å². The topological polar surface area (TPSA) is 17.1 Å². The zero-order valence-corrected chi connectivity index (χ0v) is 16.8. The van der Waals surface area contributed by atoms with E-state index in [1.54, 1.807) is 0 Å². The molecule has 1 saturated heterocycles. The summed E-state index contributed by atoms with van der Waals surface area (Å²) in [7, 11) is -0.526. The summed E-state index contributed by atoms with van der Waals surface area (Å²) < 4.78 is 0. The lowest BCUT2D eigenvalue weighted by atomic mass is 9.96. The predicted octanol–water partition coefficient (Wildman–Crippen LogP) is 6.26. The van der Waals surface area contributed by atoms with E-state index in [0.29, 0.717) is 18.6 Å². The first-order valence-electron chi connectivity index (χ1n) is 9.61. The fourth-order valence-corrected chi connectivity index (χ4v) is 7.98.